The van der Waals surface area contributed by atoms with Gasteiger partial charge in [-0.15, -0.1) is 0 Å². The lowest BCUT2D eigenvalue weighted by Gasteiger charge is -2.34. The van der Waals surface area contributed by atoms with E-state index in [0.29, 0.717) is 42.2 Å². The fourth-order valence-electron chi connectivity index (χ4n) is 5.20. The molecule has 0 spiro atoms. The Bertz CT molecular complexity index is 1220. The lowest BCUT2D eigenvalue weighted by Crippen LogP contribution is -2.45. The number of aryl methyl sites for hydroxylation is 1. The fourth-order valence-corrected chi connectivity index (χ4v) is 5.20. The van der Waals surface area contributed by atoms with Gasteiger partial charge in [-0.1, -0.05) is 24.6 Å². The molecule has 1 aromatic heterocycles. The van der Waals surface area contributed by atoms with Crippen LogP contribution in [0.2, 0.25) is 0 Å². The molecule has 1 atom stereocenters. The third-order valence-electron chi connectivity index (χ3n) is 7.71. The van der Waals surface area contributed by atoms with Gasteiger partial charge in [0.1, 0.15) is 5.52 Å². The average molecular weight is 505 g/mol. The van der Waals surface area contributed by atoms with Crippen molar-refractivity contribution in [1.82, 2.24) is 20.1 Å². The predicted octanol–water partition coefficient (Wildman–Crippen LogP) is 3.74. The van der Waals surface area contributed by atoms with Crippen LogP contribution < -0.4 is 5.32 Å². The fraction of sp³-hybridized carbons (Fsp3) is 0.483. The van der Waals surface area contributed by atoms with E-state index in [4.69, 9.17) is 9.15 Å². The monoisotopic (exact) mass is 504 g/mol. The van der Waals surface area contributed by atoms with Crippen LogP contribution in [-0.4, -0.2) is 79.1 Å². The quantitative estimate of drug-likeness (QED) is 0.528. The Kier molecular flexibility index (Phi) is 7.86. The number of amides is 2. The molecule has 1 unspecified atom stereocenters. The molecule has 2 aliphatic rings. The van der Waals surface area contributed by atoms with Crippen molar-refractivity contribution in [1.29, 1.82) is 0 Å². The molecule has 2 aromatic carbocycles. The third-order valence-corrected chi connectivity index (χ3v) is 7.71. The van der Waals surface area contributed by atoms with Gasteiger partial charge in [-0.05, 0) is 56.0 Å². The van der Waals surface area contributed by atoms with Gasteiger partial charge in [-0.3, -0.25) is 14.5 Å². The number of ether oxygens (including phenoxy) is 1. The topological polar surface area (TPSA) is 87.9 Å². The molecule has 2 fully saturated rings. The first kappa shape index (κ1) is 25.4. The largest absolute Gasteiger partial charge is 0.436 e. The maximum Gasteiger partial charge on any atom is 0.253 e. The molecular formula is C29H36N4O4. The summed E-state index contributed by atoms with van der Waals surface area (Å²) in [7, 11) is 0. The average Bonchev–Trinajstić information content (AvgIpc) is 3.37. The van der Waals surface area contributed by atoms with Crippen molar-refractivity contribution >= 4 is 22.9 Å². The Morgan fingerprint density at radius 3 is 2.51 bits per heavy atom. The van der Waals surface area contributed by atoms with Crippen LogP contribution in [0.3, 0.4) is 0 Å². The molecule has 196 valence electrons. The zero-order valence-electron chi connectivity index (χ0n) is 21.7. The second kappa shape index (κ2) is 11.4. The van der Waals surface area contributed by atoms with Gasteiger partial charge >= 0.3 is 0 Å². The van der Waals surface area contributed by atoms with Crippen LogP contribution in [0.4, 0.5) is 0 Å². The van der Waals surface area contributed by atoms with Crippen molar-refractivity contribution in [3.8, 4) is 11.5 Å². The first-order valence-corrected chi connectivity index (χ1v) is 13.3. The van der Waals surface area contributed by atoms with E-state index in [9.17, 15) is 9.59 Å². The van der Waals surface area contributed by atoms with Crippen LogP contribution in [0.5, 0.6) is 0 Å². The number of aromatic nitrogens is 1. The zero-order chi connectivity index (χ0) is 25.8. The number of hydrogen-bond acceptors (Lipinski definition) is 6. The SMILES string of the molecule is Cc1ccc(-c2nc3cc(C(=O)N4CCC(C(C)C(=O)NCCN5CCOCC5)CC4)ccc3o2)cc1. The highest BCUT2D eigenvalue weighted by Gasteiger charge is 2.30. The molecular weight excluding hydrogens is 468 g/mol. The zero-order valence-corrected chi connectivity index (χ0v) is 21.7. The second-order valence-corrected chi connectivity index (χ2v) is 10.2. The van der Waals surface area contributed by atoms with Crippen molar-refractivity contribution in [2.75, 3.05) is 52.5 Å². The molecule has 3 heterocycles. The standard InChI is InChI=1S/C29H36N4O4/c1-20-3-5-23(6-4-20)28-31-25-19-24(7-8-26(25)37-28)29(35)33-12-9-22(10-13-33)21(2)27(34)30-11-14-32-15-17-36-18-16-32/h3-8,19,21-22H,9-18H2,1-2H3,(H,30,34). The van der Waals surface area contributed by atoms with Gasteiger partial charge in [0.05, 0.1) is 13.2 Å². The molecule has 2 aliphatic heterocycles. The van der Waals surface area contributed by atoms with Gasteiger partial charge in [0.15, 0.2) is 5.58 Å². The van der Waals surface area contributed by atoms with Gasteiger partial charge in [0.2, 0.25) is 11.8 Å². The summed E-state index contributed by atoms with van der Waals surface area (Å²) in [6.07, 6.45) is 1.65. The second-order valence-electron chi connectivity index (χ2n) is 10.2. The van der Waals surface area contributed by atoms with E-state index in [2.05, 4.69) is 15.2 Å². The Morgan fingerprint density at radius 1 is 1.05 bits per heavy atom. The smallest absolute Gasteiger partial charge is 0.253 e. The maximum atomic E-state index is 13.2. The summed E-state index contributed by atoms with van der Waals surface area (Å²) in [5.41, 5.74) is 4.05. The lowest BCUT2D eigenvalue weighted by atomic mass is 9.84. The van der Waals surface area contributed by atoms with E-state index in [0.717, 1.165) is 51.3 Å². The van der Waals surface area contributed by atoms with E-state index in [1.807, 2.05) is 61.2 Å². The Balaban J connectivity index is 1.13. The molecule has 0 radical (unpaired) electrons. The van der Waals surface area contributed by atoms with Crippen molar-refractivity contribution in [3.05, 3.63) is 53.6 Å². The minimum Gasteiger partial charge on any atom is -0.436 e. The normalized spacial score (nSPS) is 18.2. The van der Waals surface area contributed by atoms with Crippen molar-refractivity contribution in [3.63, 3.8) is 0 Å². The Morgan fingerprint density at radius 2 is 1.78 bits per heavy atom. The van der Waals surface area contributed by atoms with Gasteiger partial charge in [0.25, 0.3) is 5.91 Å². The van der Waals surface area contributed by atoms with E-state index >= 15 is 0 Å². The number of likely N-dealkylation sites (tertiary alicyclic amines) is 1. The van der Waals surface area contributed by atoms with Crippen LogP contribution >= 0.6 is 0 Å². The van der Waals surface area contributed by atoms with Gasteiger partial charge in [-0.2, -0.15) is 0 Å². The summed E-state index contributed by atoms with van der Waals surface area (Å²) in [6.45, 7) is 10.3. The summed E-state index contributed by atoms with van der Waals surface area (Å²) in [4.78, 5) is 34.8. The first-order chi connectivity index (χ1) is 18.0. The van der Waals surface area contributed by atoms with E-state index < -0.39 is 0 Å². The summed E-state index contributed by atoms with van der Waals surface area (Å²) in [5.74, 6) is 0.885. The number of fused-ring (bicyclic) bond motifs is 1. The van der Waals surface area contributed by atoms with E-state index in [1.165, 1.54) is 5.56 Å². The third kappa shape index (κ3) is 6.02. The molecule has 0 aliphatic carbocycles. The van der Waals surface area contributed by atoms with Gasteiger partial charge in [0, 0.05) is 56.3 Å². The molecule has 3 aromatic rings. The van der Waals surface area contributed by atoms with Crippen LogP contribution in [0.1, 0.15) is 35.7 Å². The van der Waals surface area contributed by atoms with Crippen LogP contribution in [0.15, 0.2) is 46.9 Å². The molecule has 2 saturated heterocycles. The van der Waals surface area contributed by atoms with Crippen molar-refractivity contribution in [2.24, 2.45) is 11.8 Å². The van der Waals surface area contributed by atoms with Crippen LogP contribution in [-0.2, 0) is 9.53 Å². The number of hydrogen-bond donors (Lipinski definition) is 1. The Labute approximate surface area is 218 Å². The highest BCUT2D eigenvalue weighted by Crippen LogP contribution is 2.28. The summed E-state index contributed by atoms with van der Waals surface area (Å²) >= 11 is 0. The highest BCUT2D eigenvalue weighted by atomic mass is 16.5. The van der Waals surface area contributed by atoms with Crippen molar-refractivity contribution in [2.45, 2.75) is 26.7 Å². The summed E-state index contributed by atoms with van der Waals surface area (Å²) in [5, 5.41) is 3.10. The molecule has 0 saturated carbocycles. The van der Waals surface area contributed by atoms with E-state index in [1.54, 1.807) is 0 Å². The number of rotatable bonds is 7. The molecule has 8 nitrogen and oxygen atoms in total. The van der Waals surface area contributed by atoms with Crippen LogP contribution in [0.25, 0.3) is 22.6 Å². The molecule has 5 rings (SSSR count). The lowest BCUT2D eigenvalue weighted by molar-refractivity contribution is -0.126. The number of morpholine rings is 1. The van der Waals surface area contributed by atoms with E-state index in [-0.39, 0.29) is 23.7 Å². The molecule has 1 N–H and O–H groups in total. The minimum atomic E-state index is -0.0615. The van der Waals surface area contributed by atoms with Gasteiger partial charge < -0.3 is 19.4 Å². The molecule has 37 heavy (non-hydrogen) atoms. The van der Waals surface area contributed by atoms with Crippen LogP contribution in [0, 0.1) is 18.8 Å². The number of carbonyl (C=O) groups excluding carboxylic acids is 2. The van der Waals surface area contributed by atoms with Crippen molar-refractivity contribution < 1.29 is 18.7 Å². The molecule has 0 bridgehead atoms. The number of carbonyl (C=O) groups is 2. The highest BCUT2D eigenvalue weighted by molar-refractivity contribution is 5.97. The number of nitrogens with one attached hydrogen (secondary N) is 1. The number of oxazole rings is 1. The number of nitrogens with zero attached hydrogens (tertiary/aromatic N) is 3. The summed E-state index contributed by atoms with van der Waals surface area (Å²) < 4.78 is 11.3. The predicted molar refractivity (Wildman–Crippen MR) is 142 cm³/mol. The first-order valence-electron chi connectivity index (χ1n) is 13.3. The number of benzene rings is 2. The number of piperidine rings is 1. The Hall–Kier alpha value is -3.23. The molecule has 8 heteroatoms. The minimum absolute atomic E-state index is 0.00264. The molecule has 2 amide bonds. The van der Waals surface area contributed by atoms with Gasteiger partial charge in [-0.25, -0.2) is 4.98 Å². The maximum absolute atomic E-state index is 13.2. The summed E-state index contributed by atoms with van der Waals surface area (Å²) in [6, 6.07) is 13.5.